The SMILES string of the molecule is O=c1[nH]cnc2c1ncn2CC1CCCN(CP(=O)([O-])[O-])C1. The fourth-order valence-corrected chi connectivity index (χ4v) is 3.72. The highest BCUT2D eigenvalue weighted by Gasteiger charge is 2.21. The minimum Gasteiger partial charge on any atom is -0.810 e. The van der Waals surface area contributed by atoms with Crippen LogP contribution in [0.2, 0.25) is 0 Å². The van der Waals surface area contributed by atoms with E-state index in [4.69, 9.17) is 0 Å². The summed E-state index contributed by atoms with van der Waals surface area (Å²) in [6.45, 7) is 1.75. The molecule has 0 aromatic carbocycles. The zero-order valence-electron chi connectivity index (χ0n) is 11.8. The lowest BCUT2D eigenvalue weighted by Crippen LogP contribution is -2.40. The molecule has 1 N–H and O–H groups in total. The Kier molecular flexibility index (Phi) is 4.14. The van der Waals surface area contributed by atoms with Gasteiger partial charge in [0.05, 0.1) is 12.7 Å². The van der Waals surface area contributed by atoms with E-state index < -0.39 is 13.9 Å². The first kappa shape index (κ1) is 15.4. The molecule has 1 fully saturated rings. The van der Waals surface area contributed by atoms with Crippen LogP contribution in [0.5, 0.6) is 0 Å². The number of hydrogen-bond acceptors (Lipinski definition) is 7. The second kappa shape index (κ2) is 5.92. The maximum atomic E-state index is 11.6. The molecule has 10 heteroatoms. The molecule has 3 heterocycles. The van der Waals surface area contributed by atoms with Gasteiger partial charge in [-0.3, -0.25) is 9.69 Å². The molecule has 1 saturated heterocycles. The summed E-state index contributed by atoms with van der Waals surface area (Å²) in [4.78, 5) is 45.8. The van der Waals surface area contributed by atoms with E-state index in [-0.39, 0.29) is 11.5 Å². The van der Waals surface area contributed by atoms with E-state index in [1.165, 1.54) is 6.33 Å². The summed E-state index contributed by atoms with van der Waals surface area (Å²) in [5.74, 6) is 0.193. The van der Waals surface area contributed by atoms with E-state index in [2.05, 4.69) is 15.0 Å². The second-order valence-electron chi connectivity index (χ2n) is 5.64. The highest BCUT2D eigenvalue weighted by molar-refractivity contribution is 7.48. The number of rotatable bonds is 4. The Hall–Kier alpha value is -1.54. The number of nitrogens with zero attached hydrogens (tertiary/aromatic N) is 4. The van der Waals surface area contributed by atoms with Gasteiger partial charge < -0.3 is 23.9 Å². The highest BCUT2D eigenvalue weighted by atomic mass is 31.2. The first-order valence-electron chi connectivity index (χ1n) is 7.04. The van der Waals surface area contributed by atoms with Crippen LogP contribution in [0.15, 0.2) is 17.4 Å². The molecule has 1 aliphatic rings. The fourth-order valence-electron chi connectivity index (χ4n) is 2.98. The van der Waals surface area contributed by atoms with Crippen LogP contribution < -0.4 is 15.3 Å². The van der Waals surface area contributed by atoms with E-state index in [0.717, 1.165) is 12.8 Å². The number of piperidine rings is 1. The monoisotopic (exact) mass is 325 g/mol. The number of H-pyrrole nitrogens is 1. The van der Waals surface area contributed by atoms with Crippen LogP contribution in [0.3, 0.4) is 0 Å². The number of imidazole rings is 1. The van der Waals surface area contributed by atoms with E-state index in [0.29, 0.717) is 30.8 Å². The van der Waals surface area contributed by atoms with E-state index in [1.807, 2.05) is 0 Å². The molecule has 3 rings (SSSR count). The van der Waals surface area contributed by atoms with Crippen molar-refractivity contribution in [2.75, 3.05) is 19.4 Å². The van der Waals surface area contributed by atoms with Gasteiger partial charge in [0.25, 0.3) is 5.56 Å². The molecule has 0 radical (unpaired) electrons. The molecule has 1 unspecified atom stereocenters. The van der Waals surface area contributed by atoms with Gasteiger partial charge in [-0.15, -0.1) is 0 Å². The zero-order chi connectivity index (χ0) is 15.7. The number of nitrogens with one attached hydrogen (secondary N) is 1. The van der Waals surface area contributed by atoms with Gasteiger partial charge in [-0.2, -0.15) is 0 Å². The van der Waals surface area contributed by atoms with Crippen LogP contribution in [0.25, 0.3) is 11.2 Å². The zero-order valence-corrected chi connectivity index (χ0v) is 12.7. The van der Waals surface area contributed by atoms with Crippen molar-refractivity contribution in [3.63, 3.8) is 0 Å². The van der Waals surface area contributed by atoms with Gasteiger partial charge in [-0.25, -0.2) is 9.97 Å². The van der Waals surface area contributed by atoms with Crippen molar-refractivity contribution in [1.82, 2.24) is 24.4 Å². The molecule has 0 aliphatic carbocycles. The summed E-state index contributed by atoms with van der Waals surface area (Å²) in [6.07, 6.45) is 4.25. The molecule has 1 aliphatic heterocycles. The van der Waals surface area contributed by atoms with Gasteiger partial charge in [-0.1, -0.05) is 7.60 Å². The smallest absolute Gasteiger partial charge is 0.278 e. The summed E-state index contributed by atoms with van der Waals surface area (Å²) >= 11 is 0. The lowest BCUT2D eigenvalue weighted by Gasteiger charge is -2.40. The number of hydrogen-bond donors (Lipinski definition) is 1. The third-order valence-corrected chi connectivity index (χ3v) is 4.59. The first-order chi connectivity index (χ1) is 10.4. The van der Waals surface area contributed by atoms with Crippen LogP contribution in [-0.2, 0) is 11.1 Å². The molecule has 9 nitrogen and oxygen atoms in total. The van der Waals surface area contributed by atoms with Crippen LogP contribution in [-0.4, -0.2) is 43.8 Å². The quantitative estimate of drug-likeness (QED) is 0.692. The number of aromatic nitrogens is 4. The van der Waals surface area contributed by atoms with Crippen molar-refractivity contribution >= 4 is 18.8 Å². The molecule has 1 atom stereocenters. The van der Waals surface area contributed by atoms with E-state index in [1.54, 1.807) is 15.8 Å². The topological polar surface area (TPSA) is 130 Å². The minimum absolute atomic E-state index is 0.193. The molecule has 2 aromatic rings. The lowest BCUT2D eigenvalue weighted by molar-refractivity contribution is -0.315. The predicted molar refractivity (Wildman–Crippen MR) is 74.9 cm³/mol. The standard InChI is InChI=1S/C12H18N5O4P/c18-12-10-11(13-6-14-12)17(7-15-10)5-9-2-1-3-16(4-9)8-22(19,20)21/h6-7,9H,1-5,8H2,(H,13,14,18)(H2,19,20,21)/p-2. The largest absolute Gasteiger partial charge is 0.810 e. The molecule has 0 bridgehead atoms. The number of likely N-dealkylation sites (tertiary alicyclic amines) is 1. The van der Waals surface area contributed by atoms with Crippen LogP contribution in [0.1, 0.15) is 12.8 Å². The van der Waals surface area contributed by atoms with E-state index in [9.17, 15) is 19.1 Å². The summed E-state index contributed by atoms with van der Waals surface area (Å²) < 4.78 is 12.7. The average molecular weight is 325 g/mol. The minimum atomic E-state index is -4.53. The van der Waals surface area contributed by atoms with Crippen LogP contribution >= 0.6 is 7.60 Å². The van der Waals surface area contributed by atoms with Crippen molar-refractivity contribution in [3.8, 4) is 0 Å². The first-order valence-corrected chi connectivity index (χ1v) is 8.77. The van der Waals surface area contributed by atoms with E-state index >= 15 is 0 Å². The molecule has 0 spiro atoms. The van der Waals surface area contributed by atoms with Crippen LogP contribution in [0.4, 0.5) is 0 Å². The lowest BCUT2D eigenvalue weighted by atomic mass is 9.98. The molecular weight excluding hydrogens is 309 g/mol. The van der Waals surface area contributed by atoms with Crippen molar-refractivity contribution in [1.29, 1.82) is 0 Å². The van der Waals surface area contributed by atoms with Gasteiger partial charge in [0, 0.05) is 19.4 Å². The van der Waals surface area contributed by atoms with Gasteiger partial charge >= 0.3 is 0 Å². The van der Waals surface area contributed by atoms with Crippen molar-refractivity contribution < 1.29 is 14.4 Å². The van der Waals surface area contributed by atoms with Crippen LogP contribution in [0, 0.1) is 5.92 Å². The summed E-state index contributed by atoms with van der Waals surface area (Å²) in [5.41, 5.74) is 0.519. The van der Waals surface area contributed by atoms with Crippen molar-refractivity contribution in [2.24, 2.45) is 5.92 Å². The maximum absolute atomic E-state index is 11.6. The normalized spacial score (nSPS) is 20.5. The molecule has 0 saturated carbocycles. The highest BCUT2D eigenvalue weighted by Crippen LogP contribution is 2.28. The molecular formula is C12H16N5O4P-2. The van der Waals surface area contributed by atoms with Gasteiger partial charge in [0.15, 0.2) is 11.2 Å². The third-order valence-electron chi connectivity index (χ3n) is 3.84. The molecule has 22 heavy (non-hydrogen) atoms. The van der Waals surface area contributed by atoms with Crippen molar-refractivity contribution in [2.45, 2.75) is 19.4 Å². The molecule has 0 amide bonds. The number of aromatic amines is 1. The Bertz CT molecular complexity index is 766. The second-order valence-corrected chi connectivity index (χ2v) is 7.14. The van der Waals surface area contributed by atoms with Gasteiger partial charge in [0.2, 0.25) is 0 Å². The maximum Gasteiger partial charge on any atom is 0.278 e. The fraction of sp³-hybridized carbons (Fsp3) is 0.583. The van der Waals surface area contributed by atoms with Crippen molar-refractivity contribution in [3.05, 3.63) is 23.0 Å². The Morgan fingerprint density at radius 3 is 3.00 bits per heavy atom. The predicted octanol–water partition coefficient (Wildman–Crippen LogP) is -1.30. The van der Waals surface area contributed by atoms with Gasteiger partial charge in [-0.05, 0) is 25.3 Å². The Morgan fingerprint density at radius 2 is 2.23 bits per heavy atom. The average Bonchev–Trinajstić information content (AvgIpc) is 2.82. The summed E-state index contributed by atoms with van der Waals surface area (Å²) in [6, 6.07) is 0. The van der Waals surface area contributed by atoms with Gasteiger partial charge in [0.1, 0.15) is 0 Å². The summed E-state index contributed by atoms with van der Waals surface area (Å²) in [5, 5.41) is 0. The Morgan fingerprint density at radius 1 is 1.41 bits per heavy atom. The third kappa shape index (κ3) is 3.44. The summed E-state index contributed by atoms with van der Waals surface area (Å²) in [7, 11) is -4.53. The molecule has 120 valence electrons. The Labute approximate surface area is 126 Å². The number of fused-ring (bicyclic) bond motifs is 1. The molecule has 2 aromatic heterocycles. The Balaban J connectivity index is 1.73.